The Labute approximate surface area is 153 Å². The van der Waals surface area contributed by atoms with Gasteiger partial charge in [0.05, 0.1) is 0 Å². The van der Waals surface area contributed by atoms with Crippen molar-refractivity contribution in [3.05, 3.63) is 77.8 Å². The van der Waals surface area contributed by atoms with Crippen LogP contribution in [0, 0.1) is 6.92 Å². The van der Waals surface area contributed by atoms with Gasteiger partial charge in [0.2, 0.25) is 0 Å². The quantitative estimate of drug-likeness (QED) is 0.692. The summed E-state index contributed by atoms with van der Waals surface area (Å²) in [5.41, 5.74) is 2.98. The Morgan fingerprint density at radius 3 is 2.54 bits per heavy atom. The number of rotatable bonds is 3. The van der Waals surface area contributed by atoms with Crippen LogP contribution in [0.4, 0.5) is 0 Å². The van der Waals surface area contributed by atoms with Crippen LogP contribution in [0.25, 0.3) is 11.3 Å². The van der Waals surface area contributed by atoms with Crippen LogP contribution < -0.4 is 0 Å². The van der Waals surface area contributed by atoms with Crippen LogP contribution in [0.3, 0.4) is 0 Å². The fourth-order valence-corrected chi connectivity index (χ4v) is 3.63. The Bertz CT molecular complexity index is 893. The Kier molecular flexibility index (Phi) is 4.57. The lowest BCUT2D eigenvalue weighted by molar-refractivity contribution is 0.0713. The SMILES string of the molecule is Cc1ccc(-c2cccc(C(=O)N3CCC(c4ccncc4)CC3)c2)o1. The highest BCUT2D eigenvalue weighted by Gasteiger charge is 2.24. The smallest absolute Gasteiger partial charge is 0.253 e. The molecule has 0 spiro atoms. The van der Waals surface area contributed by atoms with E-state index >= 15 is 0 Å². The predicted octanol–water partition coefficient (Wildman–Crippen LogP) is 4.67. The van der Waals surface area contributed by atoms with Gasteiger partial charge in [-0.05, 0) is 67.6 Å². The number of aromatic nitrogens is 1. The summed E-state index contributed by atoms with van der Waals surface area (Å²) in [6, 6.07) is 15.8. The lowest BCUT2D eigenvalue weighted by atomic mass is 9.90. The monoisotopic (exact) mass is 346 g/mol. The number of hydrogen-bond acceptors (Lipinski definition) is 3. The number of pyridine rings is 1. The molecule has 0 N–H and O–H groups in total. The van der Waals surface area contributed by atoms with Crippen LogP contribution in [0.5, 0.6) is 0 Å². The Hall–Kier alpha value is -2.88. The maximum Gasteiger partial charge on any atom is 0.253 e. The summed E-state index contributed by atoms with van der Waals surface area (Å²) in [5, 5.41) is 0. The Morgan fingerprint density at radius 2 is 1.85 bits per heavy atom. The third-order valence-corrected chi connectivity index (χ3v) is 5.09. The number of carbonyl (C=O) groups excluding carboxylic acids is 1. The van der Waals surface area contributed by atoms with E-state index in [1.165, 1.54) is 5.56 Å². The molecule has 4 rings (SSSR count). The van der Waals surface area contributed by atoms with Gasteiger partial charge in [0.15, 0.2) is 0 Å². The predicted molar refractivity (Wildman–Crippen MR) is 101 cm³/mol. The summed E-state index contributed by atoms with van der Waals surface area (Å²) in [5.74, 6) is 2.28. The van der Waals surface area contributed by atoms with Gasteiger partial charge in [0, 0.05) is 36.6 Å². The molecule has 4 heteroatoms. The molecule has 3 heterocycles. The van der Waals surface area contributed by atoms with Crippen molar-refractivity contribution in [1.29, 1.82) is 0 Å². The second kappa shape index (κ2) is 7.16. The lowest BCUT2D eigenvalue weighted by Gasteiger charge is -2.32. The van der Waals surface area contributed by atoms with Crippen molar-refractivity contribution in [2.45, 2.75) is 25.7 Å². The van der Waals surface area contributed by atoms with E-state index in [0.29, 0.717) is 5.92 Å². The number of carbonyl (C=O) groups is 1. The minimum absolute atomic E-state index is 0.100. The number of piperidine rings is 1. The summed E-state index contributed by atoms with van der Waals surface area (Å²) in [6.45, 7) is 3.50. The first kappa shape index (κ1) is 16.6. The molecule has 1 aliphatic rings. The largest absolute Gasteiger partial charge is 0.461 e. The molecule has 0 unspecified atom stereocenters. The van der Waals surface area contributed by atoms with Crippen molar-refractivity contribution >= 4 is 5.91 Å². The molecule has 132 valence electrons. The topological polar surface area (TPSA) is 46.3 Å². The number of furan rings is 1. The van der Waals surface area contributed by atoms with Crippen molar-refractivity contribution in [3.63, 3.8) is 0 Å². The summed E-state index contributed by atoms with van der Waals surface area (Å²) in [7, 11) is 0. The second-order valence-corrected chi connectivity index (χ2v) is 6.84. The van der Waals surface area contributed by atoms with E-state index in [1.807, 2.05) is 60.6 Å². The van der Waals surface area contributed by atoms with Crippen LogP contribution in [-0.4, -0.2) is 28.9 Å². The van der Waals surface area contributed by atoms with Crippen molar-refractivity contribution in [2.24, 2.45) is 0 Å². The van der Waals surface area contributed by atoms with E-state index in [2.05, 4.69) is 17.1 Å². The number of hydrogen-bond donors (Lipinski definition) is 0. The molecule has 0 radical (unpaired) electrons. The number of benzene rings is 1. The van der Waals surface area contributed by atoms with E-state index in [4.69, 9.17) is 4.42 Å². The van der Waals surface area contributed by atoms with Crippen LogP contribution in [0.1, 0.15) is 40.4 Å². The molecule has 1 aromatic carbocycles. The van der Waals surface area contributed by atoms with Crippen molar-refractivity contribution in [1.82, 2.24) is 9.88 Å². The van der Waals surface area contributed by atoms with E-state index < -0.39 is 0 Å². The summed E-state index contributed by atoms with van der Waals surface area (Å²) >= 11 is 0. The molecule has 3 aromatic rings. The molecular weight excluding hydrogens is 324 g/mol. The number of likely N-dealkylation sites (tertiary alicyclic amines) is 1. The molecule has 0 saturated carbocycles. The third kappa shape index (κ3) is 3.40. The fraction of sp³-hybridized carbons (Fsp3) is 0.273. The number of amides is 1. The first-order valence-corrected chi connectivity index (χ1v) is 9.07. The average molecular weight is 346 g/mol. The average Bonchev–Trinajstić information content (AvgIpc) is 3.15. The summed E-state index contributed by atoms with van der Waals surface area (Å²) in [6.07, 6.45) is 5.67. The fourth-order valence-electron chi connectivity index (χ4n) is 3.63. The van der Waals surface area contributed by atoms with E-state index in [0.717, 1.165) is 48.6 Å². The summed E-state index contributed by atoms with van der Waals surface area (Å²) in [4.78, 5) is 19.0. The standard InChI is InChI=1S/C22H22N2O2/c1-16-5-6-21(26-16)19-3-2-4-20(15-19)22(25)24-13-9-18(10-14-24)17-7-11-23-12-8-17/h2-8,11-12,15,18H,9-10,13-14H2,1H3. The Morgan fingerprint density at radius 1 is 1.08 bits per heavy atom. The molecule has 26 heavy (non-hydrogen) atoms. The Balaban J connectivity index is 1.45. The highest BCUT2D eigenvalue weighted by Crippen LogP contribution is 2.29. The molecule has 1 amide bonds. The maximum absolute atomic E-state index is 12.9. The molecule has 2 aromatic heterocycles. The van der Waals surface area contributed by atoms with Crippen LogP contribution >= 0.6 is 0 Å². The van der Waals surface area contributed by atoms with Gasteiger partial charge in [-0.25, -0.2) is 0 Å². The third-order valence-electron chi connectivity index (χ3n) is 5.09. The molecule has 1 saturated heterocycles. The molecule has 4 nitrogen and oxygen atoms in total. The maximum atomic E-state index is 12.9. The summed E-state index contributed by atoms with van der Waals surface area (Å²) < 4.78 is 5.68. The molecular formula is C22H22N2O2. The normalized spacial score (nSPS) is 15.2. The number of nitrogens with zero attached hydrogens (tertiary/aromatic N) is 2. The molecule has 1 fully saturated rings. The van der Waals surface area contributed by atoms with Crippen molar-refractivity contribution in [2.75, 3.05) is 13.1 Å². The first-order valence-electron chi connectivity index (χ1n) is 9.07. The van der Waals surface area contributed by atoms with Gasteiger partial charge in [0.25, 0.3) is 5.91 Å². The van der Waals surface area contributed by atoms with E-state index in [1.54, 1.807) is 0 Å². The molecule has 0 atom stereocenters. The zero-order valence-electron chi connectivity index (χ0n) is 14.9. The minimum atomic E-state index is 0.100. The van der Waals surface area contributed by atoms with E-state index in [9.17, 15) is 4.79 Å². The van der Waals surface area contributed by atoms with E-state index in [-0.39, 0.29) is 5.91 Å². The van der Waals surface area contributed by atoms with Crippen molar-refractivity contribution in [3.8, 4) is 11.3 Å². The minimum Gasteiger partial charge on any atom is -0.461 e. The van der Waals surface area contributed by atoms with Gasteiger partial charge < -0.3 is 9.32 Å². The van der Waals surface area contributed by atoms with Gasteiger partial charge >= 0.3 is 0 Å². The highest BCUT2D eigenvalue weighted by molar-refractivity contribution is 5.95. The van der Waals surface area contributed by atoms with Gasteiger partial charge in [-0.2, -0.15) is 0 Å². The van der Waals surface area contributed by atoms with Gasteiger partial charge in [-0.3, -0.25) is 9.78 Å². The van der Waals surface area contributed by atoms with Crippen LogP contribution in [0.15, 0.2) is 65.3 Å². The highest BCUT2D eigenvalue weighted by atomic mass is 16.3. The van der Waals surface area contributed by atoms with Crippen molar-refractivity contribution < 1.29 is 9.21 Å². The second-order valence-electron chi connectivity index (χ2n) is 6.84. The molecule has 1 aliphatic heterocycles. The van der Waals surface area contributed by atoms with Crippen LogP contribution in [-0.2, 0) is 0 Å². The molecule has 0 bridgehead atoms. The number of aryl methyl sites for hydroxylation is 1. The first-order chi connectivity index (χ1) is 12.7. The zero-order chi connectivity index (χ0) is 17.9. The van der Waals surface area contributed by atoms with Gasteiger partial charge in [-0.15, -0.1) is 0 Å². The van der Waals surface area contributed by atoms with Gasteiger partial charge in [0.1, 0.15) is 11.5 Å². The zero-order valence-corrected chi connectivity index (χ0v) is 14.9. The molecule has 0 aliphatic carbocycles. The lowest BCUT2D eigenvalue weighted by Crippen LogP contribution is -2.37. The van der Waals surface area contributed by atoms with Crippen LogP contribution in [0.2, 0.25) is 0 Å². The van der Waals surface area contributed by atoms with Gasteiger partial charge in [-0.1, -0.05) is 12.1 Å².